The van der Waals surface area contributed by atoms with Gasteiger partial charge in [0.1, 0.15) is 0 Å². The van der Waals surface area contributed by atoms with E-state index < -0.39 is 0 Å². The predicted octanol–water partition coefficient (Wildman–Crippen LogP) is 1.10. The van der Waals surface area contributed by atoms with Gasteiger partial charge in [-0.2, -0.15) is 0 Å². The summed E-state index contributed by atoms with van der Waals surface area (Å²) in [6, 6.07) is 0.841. The zero-order valence-electron chi connectivity index (χ0n) is 10.0. The fraction of sp³-hybridized carbons (Fsp3) is 1.00. The smallest absolute Gasteiger partial charge is 0.0551 e. The normalized spacial score (nSPS) is 31.4. The number of nitrogens with one attached hydrogen (secondary N) is 1. The van der Waals surface area contributed by atoms with Gasteiger partial charge in [-0.05, 0) is 39.2 Å². The van der Waals surface area contributed by atoms with E-state index in [4.69, 9.17) is 4.74 Å². The highest BCUT2D eigenvalue weighted by atomic mass is 16.5. The molecule has 0 radical (unpaired) electrons. The van der Waals surface area contributed by atoms with Gasteiger partial charge in [-0.1, -0.05) is 0 Å². The molecule has 0 spiro atoms. The van der Waals surface area contributed by atoms with E-state index in [0.717, 1.165) is 25.1 Å². The molecule has 1 heterocycles. The van der Waals surface area contributed by atoms with E-state index in [1.165, 1.54) is 32.4 Å². The second-order valence-corrected chi connectivity index (χ2v) is 5.24. The first-order valence-electron chi connectivity index (χ1n) is 6.27. The molecule has 2 aliphatic rings. The van der Waals surface area contributed by atoms with E-state index in [1.54, 1.807) is 0 Å². The molecule has 0 aromatic rings. The van der Waals surface area contributed by atoms with Gasteiger partial charge >= 0.3 is 0 Å². The van der Waals surface area contributed by atoms with E-state index in [-0.39, 0.29) is 0 Å². The first-order chi connectivity index (χ1) is 7.24. The van der Waals surface area contributed by atoms with Gasteiger partial charge in [0.05, 0.1) is 12.7 Å². The van der Waals surface area contributed by atoms with Gasteiger partial charge in [0, 0.05) is 25.7 Å². The maximum absolute atomic E-state index is 5.58. The quantitative estimate of drug-likeness (QED) is 0.713. The minimum Gasteiger partial charge on any atom is -0.378 e. The molecule has 1 aliphatic heterocycles. The van der Waals surface area contributed by atoms with Crippen LogP contribution in [0, 0.1) is 5.92 Å². The van der Waals surface area contributed by atoms with Crippen LogP contribution in [0.2, 0.25) is 0 Å². The summed E-state index contributed by atoms with van der Waals surface area (Å²) in [5.41, 5.74) is 0. The SMILES string of the molecule is CC1CC(CN(C)CCNC2CC2)CO1. The average molecular weight is 212 g/mol. The molecule has 1 N–H and O–H groups in total. The van der Waals surface area contributed by atoms with Crippen molar-refractivity contribution in [1.29, 1.82) is 0 Å². The lowest BCUT2D eigenvalue weighted by Gasteiger charge is -2.20. The van der Waals surface area contributed by atoms with Gasteiger partial charge in [0.2, 0.25) is 0 Å². The van der Waals surface area contributed by atoms with Gasteiger partial charge < -0.3 is 15.0 Å². The van der Waals surface area contributed by atoms with E-state index in [0.29, 0.717) is 6.10 Å². The van der Waals surface area contributed by atoms with Crippen LogP contribution in [0.4, 0.5) is 0 Å². The highest BCUT2D eigenvalue weighted by molar-refractivity contribution is 4.81. The maximum atomic E-state index is 5.58. The minimum absolute atomic E-state index is 0.480. The lowest BCUT2D eigenvalue weighted by molar-refractivity contribution is 0.117. The van der Waals surface area contributed by atoms with Gasteiger partial charge in [-0.15, -0.1) is 0 Å². The van der Waals surface area contributed by atoms with Gasteiger partial charge in [-0.25, -0.2) is 0 Å². The fourth-order valence-corrected chi connectivity index (χ4v) is 2.31. The lowest BCUT2D eigenvalue weighted by Crippen LogP contribution is -2.33. The standard InChI is InChI=1S/C12H24N2O/c1-10-7-11(9-15-10)8-14(2)6-5-13-12-3-4-12/h10-13H,3-9H2,1-2H3. The molecule has 0 aromatic heterocycles. The summed E-state index contributed by atoms with van der Waals surface area (Å²) in [7, 11) is 2.22. The van der Waals surface area contributed by atoms with Gasteiger partial charge in [-0.3, -0.25) is 0 Å². The third-order valence-corrected chi connectivity index (χ3v) is 3.36. The molecular weight excluding hydrogens is 188 g/mol. The summed E-state index contributed by atoms with van der Waals surface area (Å²) in [6.45, 7) is 6.64. The molecule has 3 heteroatoms. The summed E-state index contributed by atoms with van der Waals surface area (Å²) >= 11 is 0. The molecule has 0 aromatic carbocycles. The predicted molar refractivity (Wildman–Crippen MR) is 62.0 cm³/mol. The summed E-state index contributed by atoms with van der Waals surface area (Å²) < 4.78 is 5.58. The van der Waals surface area contributed by atoms with Crippen LogP contribution < -0.4 is 5.32 Å². The Morgan fingerprint density at radius 2 is 2.20 bits per heavy atom. The zero-order chi connectivity index (χ0) is 10.7. The van der Waals surface area contributed by atoms with Crippen molar-refractivity contribution in [3.05, 3.63) is 0 Å². The summed E-state index contributed by atoms with van der Waals surface area (Å²) in [4.78, 5) is 2.43. The monoisotopic (exact) mass is 212 g/mol. The van der Waals surface area contributed by atoms with E-state index >= 15 is 0 Å². The van der Waals surface area contributed by atoms with E-state index in [2.05, 4.69) is 24.2 Å². The highest BCUT2D eigenvalue weighted by Crippen LogP contribution is 2.20. The van der Waals surface area contributed by atoms with Crippen molar-refractivity contribution in [3.8, 4) is 0 Å². The first-order valence-corrected chi connectivity index (χ1v) is 6.27. The molecule has 1 saturated heterocycles. The van der Waals surface area contributed by atoms with Crippen molar-refractivity contribution in [2.24, 2.45) is 5.92 Å². The van der Waals surface area contributed by atoms with Crippen LogP contribution in [-0.2, 0) is 4.74 Å². The Kier molecular flexibility index (Phi) is 4.00. The number of nitrogens with zero attached hydrogens (tertiary/aromatic N) is 1. The Labute approximate surface area is 93.2 Å². The van der Waals surface area contributed by atoms with Crippen molar-refractivity contribution in [1.82, 2.24) is 10.2 Å². The van der Waals surface area contributed by atoms with Crippen LogP contribution >= 0.6 is 0 Å². The zero-order valence-corrected chi connectivity index (χ0v) is 10.0. The average Bonchev–Trinajstić information content (AvgIpc) is 2.91. The van der Waals surface area contributed by atoms with Crippen LogP contribution in [0.15, 0.2) is 0 Å². The lowest BCUT2D eigenvalue weighted by atomic mass is 10.1. The van der Waals surface area contributed by atoms with Crippen LogP contribution in [0.1, 0.15) is 26.2 Å². The maximum Gasteiger partial charge on any atom is 0.0551 e. The third kappa shape index (κ3) is 4.09. The molecule has 88 valence electrons. The van der Waals surface area contributed by atoms with Crippen LogP contribution in [-0.4, -0.2) is 50.3 Å². The number of hydrogen-bond acceptors (Lipinski definition) is 3. The molecule has 2 rings (SSSR count). The summed E-state index contributed by atoms with van der Waals surface area (Å²) in [6.07, 6.45) is 4.49. The third-order valence-electron chi connectivity index (χ3n) is 3.36. The van der Waals surface area contributed by atoms with Crippen molar-refractivity contribution in [2.75, 3.05) is 33.3 Å². The Bertz CT molecular complexity index is 194. The topological polar surface area (TPSA) is 24.5 Å². The molecule has 1 saturated carbocycles. The van der Waals surface area contributed by atoms with E-state index in [9.17, 15) is 0 Å². The fourth-order valence-electron chi connectivity index (χ4n) is 2.31. The van der Waals surface area contributed by atoms with Crippen molar-refractivity contribution >= 4 is 0 Å². The van der Waals surface area contributed by atoms with E-state index in [1.807, 2.05) is 0 Å². The Balaban J connectivity index is 1.53. The summed E-state index contributed by atoms with van der Waals surface area (Å²) in [5.74, 6) is 0.755. The Morgan fingerprint density at radius 1 is 1.40 bits per heavy atom. The van der Waals surface area contributed by atoms with Crippen molar-refractivity contribution in [2.45, 2.75) is 38.3 Å². The largest absolute Gasteiger partial charge is 0.378 e. The molecule has 1 aliphatic carbocycles. The molecule has 0 amide bonds. The molecule has 2 fully saturated rings. The Morgan fingerprint density at radius 3 is 2.80 bits per heavy atom. The number of likely N-dealkylation sites (N-methyl/N-ethyl adjacent to an activating group) is 1. The van der Waals surface area contributed by atoms with Crippen LogP contribution in [0.3, 0.4) is 0 Å². The minimum atomic E-state index is 0.480. The van der Waals surface area contributed by atoms with Gasteiger partial charge in [0.15, 0.2) is 0 Å². The molecule has 15 heavy (non-hydrogen) atoms. The molecule has 2 atom stereocenters. The van der Waals surface area contributed by atoms with Crippen molar-refractivity contribution in [3.63, 3.8) is 0 Å². The Hall–Kier alpha value is -0.120. The highest BCUT2D eigenvalue weighted by Gasteiger charge is 2.23. The van der Waals surface area contributed by atoms with Crippen LogP contribution in [0.25, 0.3) is 0 Å². The first kappa shape index (κ1) is 11.4. The van der Waals surface area contributed by atoms with Crippen LogP contribution in [0.5, 0.6) is 0 Å². The summed E-state index contributed by atoms with van der Waals surface area (Å²) in [5, 5.41) is 3.55. The number of ether oxygens (including phenoxy) is 1. The van der Waals surface area contributed by atoms with Gasteiger partial charge in [0.25, 0.3) is 0 Å². The number of rotatable bonds is 6. The molecule has 3 nitrogen and oxygen atoms in total. The second-order valence-electron chi connectivity index (χ2n) is 5.24. The van der Waals surface area contributed by atoms with Crippen molar-refractivity contribution < 1.29 is 4.74 Å². The molecule has 0 bridgehead atoms. The number of hydrogen-bond donors (Lipinski definition) is 1. The second kappa shape index (κ2) is 5.28. The molecule has 2 unspecified atom stereocenters. The molecular formula is C12H24N2O.